The van der Waals surface area contributed by atoms with Crippen LogP contribution in [0.1, 0.15) is 19.4 Å². The van der Waals surface area contributed by atoms with Gasteiger partial charge in [0.2, 0.25) is 0 Å². The second-order valence-corrected chi connectivity index (χ2v) is 5.23. The molecule has 0 saturated heterocycles. The van der Waals surface area contributed by atoms with Crippen molar-refractivity contribution in [1.29, 1.82) is 0 Å². The van der Waals surface area contributed by atoms with Crippen molar-refractivity contribution in [3.8, 4) is 0 Å². The molecule has 0 radical (unpaired) electrons. The predicted octanol–water partition coefficient (Wildman–Crippen LogP) is 2.95. The van der Waals surface area contributed by atoms with E-state index >= 15 is 0 Å². The van der Waals surface area contributed by atoms with Gasteiger partial charge >= 0.3 is 6.03 Å². The average Bonchev–Trinajstić information content (AvgIpc) is 2.29. The van der Waals surface area contributed by atoms with Crippen LogP contribution in [0.2, 0.25) is 0 Å². The maximum Gasteiger partial charge on any atom is 0.314 e. The minimum absolute atomic E-state index is 0.0919. The molecule has 0 bridgehead atoms. The van der Waals surface area contributed by atoms with Crippen LogP contribution in [-0.4, -0.2) is 19.1 Å². The summed E-state index contributed by atoms with van der Waals surface area (Å²) in [5.41, 5.74) is 1.21. The van der Waals surface area contributed by atoms with Crippen LogP contribution in [0.4, 0.5) is 4.79 Å². The molecular formula is C13H19BrN2O. The third kappa shape index (κ3) is 5.73. The molecule has 0 aliphatic rings. The molecule has 1 aromatic rings. The molecule has 2 N–H and O–H groups in total. The third-order valence-electron chi connectivity index (χ3n) is 2.31. The first-order chi connectivity index (χ1) is 8.09. The molecule has 4 heteroatoms. The van der Waals surface area contributed by atoms with Crippen molar-refractivity contribution >= 4 is 22.0 Å². The summed E-state index contributed by atoms with van der Waals surface area (Å²) in [6.45, 7) is 5.50. The molecule has 0 aliphatic heterocycles. The van der Waals surface area contributed by atoms with Crippen LogP contribution in [0.3, 0.4) is 0 Å². The van der Waals surface area contributed by atoms with E-state index in [1.165, 1.54) is 5.56 Å². The molecule has 1 aromatic carbocycles. The van der Waals surface area contributed by atoms with Crippen LogP contribution in [0.5, 0.6) is 0 Å². The second kappa shape index (κ2) is 7.33. The molecule has 0 spiro atoms. The molecule has 0 fully saturated rings. The van der Waals surface area contributed by atoms with Gasteiger partial charge in [-0.25, -0.2) is 4.79 Å². The summed E-state index contributed by atoms with van der Waals surface area (Å²) >= 11 is 3.48. The number of hydrogen-bond donors (Lipinski definition) is 2. The maximum absolute atomic E-state index is 11.4. The van der Waals surface area contributed by atoms with Gasteiger partial charge in [-0.3, -0.25) is 0 Å². The number of urea groups is 1. The molecule has 0 atom stereocenters. The Hall–Kier alpha value is -1.03. The average molecular weight is 299 g/mol. The number of carbonyl (C=O) groups is 1. The van der Waals surface area contributed by atoms with Crippen molar-refractivity contribution in [1.82, 2.24) is 10.6 Å². The normalized spacial score (nSPS) is 10.4. The minimum atomic E-state index is -0.0919. The summed E-state index contributed by atoms with van der Waals surface area (Å²) in [4.78, 5) is 11.4. The smallest absolute Gasteiger partial charge is 0.314 e. The summed E-state index contributed by atoms with van der Waals surface area (Å²) in [5, 5.41) is 5.66. The second-order valence-electron chi connectivity index (χ2n) is 4.37. The zero-order chi connectivity index (χ0) is 12.7. The van der Waals surface area contributed by atoms with Gasteiger partial charge in [0, 0.05) is 17.6 Å². The van der Waals surface area contributed by atoms with E-state index in [9.17, 15) is 4.79 Å². The Morgan fingerprint density at radius 1 is 1.29 bits per heavy atom. The van der Waals surface area contributed by atoms with Gasteiger partial charge in [0.05, 0.1) is 0 Å². The van der Waals surface area contributed by atoms with Gasteiger partial charge < -0.3 is 10.6 Å². The number of nitrogens with one attached hydrogen (secondary N) is 2. The van der Waals surface area contributed by atoms with E-state index in [1.54, 1.807) is 0 Å². The van der Waals surface area contributed by atoms with E-state index in [0.717, 1.165) is 10.9 Å². The molecule has 0 heterocycles. The molecule has 3 nitrogen and oxygen atoms in total. The summed E-state index contributed by atoms with van der Waals surface area (Å²) in [6, 6.07) is 7.95. The molecule has 94 valence electrons. The molecule has 0 unspecified atom stereocenters. The van der Waals surface area contributed by atoms with Gasteiger partial charge in [-0.05, 0) is 24.0 Å². The summed E-state index contributed by atoms with van der Waals surface area (Å²) in [6.07, 6.45) is 0.830. The zero-order valence-electron chi connectivity index (χ0n) is 10.3. The molecule has 2 amide bonds. The lowest BCUT2D eigenvalue weighted by Crippen LogP contribution is -2.38. The van der Waals surface area contributed by atoms with E-state index in [-0.39, 0.29) is 6.03 Å². The van der Waals surface area contributed by atoms with E-state index in [0.29, 0.717) is 19.0 Å². The fourth-order valence-corrected chi connectivity index (χ4v) is 1.85. The van der Waals surface area contributed by atoms with Crippen LogP contribution in [0.15, 0.2) is 28.7 Å². The van der Waals surface area contributed by atoms with Crippen LogP contribution < -0.4 is 10.6 Å². The van der Waals surface area contributed by atoms with Crippen LogP contribution >= 0.6 is 15.9 Å². The van der Waals surface area contributed by atoms with E-state index in [2.05, 4.69) is 46.5 Å². The molecule has 1 rings (SSSR count). The summed E-state index contributed by atoms with van der Waals surface area (Å²) in [5.74, 6) is 0.476. The monoisotopic (exact) mass is 298 g/mol. The Morgan fingerprint density at radius 2 is 2.00 bits per heavy atom. The number of halogens is 1. The first kappa shape index (κ1) is 14.0. The quantitative estimate of drug-likeness (QED) is 0.862. The topological polar surface area (TPSA) is 41.1 Å². The molecule has 0 aliphatic carbocycles. The Labute approximate surface area is 111 Å². The van der Waals surface area contributed by atoms with Crippen molar-refractivity contribution in [2.75, 3.05) is 13.1 Å². The van der Waals surface area contributed by atoms with Gasteiger partial charge in [0.25, 0.3) is 0 Å². The Morgan fingerprint density at radius 3 is 2.65 bits per heavy atom. The standard InChI is InChI=1S/C13H19BrN2O/c1-10(2)9-16-13(17)15-8-7-11-5-3-4-6-12(11)14/h3-6,10H,7-9H2,1-2H3,(H2,15,16,17). The number of hydrogen-bond acceptors (Lipinski definition) is 1. The molecule has 0 aromatic heterocycles. The van der Waals surface area contributed by atoms with Crippen LogP contribution in [-0.2, 0) is 6.42 Å². The number of rotatable bonds is 5. The molecule has 17 heavy (non-hydrogen) atoms. The predicted molar refractivity (Wildman–Crippen MR) is 74.1 cm³/mol. The Balaban J connectivity index is 2.24. The fraction of sp³-hybridized carbons (Fsp3) is 0.462. The SMILES string of the molecule is CC(C)CNC(=O)NCCc1ccccc1Br. The highest BCUT2D eigenvalue weighted by Gasteiger charge is 2.02. The van der Waals surface area contributed by atoms with Crippen molar-refractivity contribution in [3.05, 3.63) is 34.3 Å². The van der Waals surface area contributed by atoms with E-state index < -0.39 is 0 Å². The maximum atomic E-state index is 11.4. The molecule has 0 saturated carbocycles. The van der Waals surface area contributed by atoms with Gasteiger partial charge in [-0.15, -0.1) is 0 Å². The van der Waals surface area contributed by atoms with E-state index in [4.69, 9.17) is 0 Å². The van der Waals surface area contributed by atoms with Gasteiger partial charge in [0.15, 0.2) is 0 Å². The lowest BCUT2D eigenvalue weighted by molar-refractivity contribution is 0.239. The Bertz CT molecular complexity index is 366. The first-order valence-corrected chi connectivity index (χ1v) is 6.64. The van der Waals surface area contributed by atoms with Crippen LogP contribution in [0.25, 0.3) is 0 Å². The Kier molecular flexibility index (Phi) is 6.05. The van der Waals surface area contributed by atoms with Gasteiger partial charge in [0.1, 0.15) is 0 Å². The number of carbonyl (C=O) groups excluding carboxylic acids is 1. The summed E-state index contributed by atoms with van der Waals surface area (Å²) < 4.78 is 1.09. The van der Waals surface area contributed by atoms with Gasteiger partial charge in [-0.1, -0.05) is 48.0 Å². The van der Waals surface area contributed by atoms with Crippen LogP contribution in [0, 0.1) is 5.92 Å². The van der Waals surface area contributed by atoms with Gasteiger partial charge in [-0.2, -0.15) is 0 Å². The number of benzene rings is 1. The lowest BCUT2D eigenvalue weighted by atomic mass is 10.1. The molecular weight excluding hydrogens is 280 g/mol. The lowest BCUT2D eigenvalue weighted by Gasteiger charge is -2.09. The highest BCUT2D eigenvalue weighted by Crippen LogP contribution is 2.15. The van der Waals surface area contributed by atoms with E-state index in [1.807, 2.05) is 18.2 Å². The van der Waals surface area contributed by atoms with Crippen molar-refractivity contribution < 1.29 is 4.79 Å². The largest absolute Gasteiger partial charge is 0.338 e. The fourth-order valence-electron chi connectivity index (χ4n) is 1.37. The highest BCUT2D eigenvalue weighted by molar-refractivity contribution is 9.10. The minimum Gasteiger partial charge on any atom is -0.338 e. The highest BCUT2D eigenvalue weighted by atomic mass is 79.9. The van der Waals surface area contributed by atoms with Crippen molar-refractivity contribution in [3.63, 3.8) is 0 Å². The number of amides is 2. The van der Waals surface area contributed by atoms with Crippen molar-refractivity contribution in [2.24, 2.45) is 5.92 Å². The first-order valence-electron chi connectivity index (χ1n) is 5.84. The third-order valence-corrected chi connectivity index (χ3v) is 3.08. The zero-order valence-corrected chi connectivity index (χ0v) is 11.9. The van der Waals surface area contributed by atoms with Crippen molar-refractivity contribution in [2.45, 2.75) is 20.3 Å². The summed E-state index contributed by atoms with van der Waals surface area (Å²) in [7, 11) is 0.